The number of methoxy groups -OCH3 is 1. The smallest absolute Gasteiger partial charge is 0.311 e. The normalized spacial score (nSPS) is 11.4. The van der Waals surface area contributed by atoms with Gasteiger partial charge in [0, 0.05) is 6.07 Å². The summed E-state index contributed by atoms with van der Waals surface area (Å²) in [5.74, 6) is 0.175. The highest BCUT2D eigenvalue weighted by Crippen LogP contribution is 2.29. The van der Waals surface area contributed by atoms with Crippen molar-refractivity contribution < 1.29 is 14.8 Å². The fraction of sp³-hybridized carbons (Fsp3) is 0.333. The minimum atomic E-state index is -0.616. The van der Waals surface area contributed by atoms with E-state index in [0.717, 1.165) is 0 Å². The van der Waals surface area contributed by atoms with Gasteiger partial charge in [-0.2, -0.15) is 0 Å². The number of benzene rings is 1. The first-order valence-corrected chi connectivity index (χ1v) is 4.29. The molecule has 0 heterocycles. The molecule has 1 atom stereocenters. The molecule has 0 fully saturated rings. The van der Waals surface area contributed by atoms with Gasteiger partial charge in [-0.05, 0) is 11.6 Å². The summed E-state index contributed by atoms with van der Waals surface area (Å²) >= 11 is 0. The Labute approximate surface area is 98.6 Å². The van der Waals surface area contributed by atoms with Crippen LogP contribution in [-0.4, -0.2) is 23.7 Å². The van der Waals surface area contributed by atoms with E-state index >= 15 is 0 Å². The van der Waals surface area contributed by atoms with Gasteiger partial charge in [-0.1, -0.05) is 6.07 Å². The van der Waals surface area contributed by atoms with Gasteiger partial charge in [-0.15, -0.1) is 12.4 Å². The summed E-state index contributed by atoms with van der Waals surface area (Å²) in [5.41, 5.74) is 5.89. The number of aliphatic hydroxyl groups excluding tert-OH is 1. The molecule has 0 unspecified atom stereocenters. The lowest BCUT2D eigenvalue weighted by Gasteiger charge is -2.09. The average molecular weight is 249 g/mol. The first-order valence-electron chi connectivity index (χ1n) is 4.29. The molecule has 0 aliphatic carbocycles. The molecule has 1 rings (SSSR count). The molecule has 0 aliphatic heterocycles. The van der Waals surface area contributed by atoms with Crippen molar-refractivity contribution >= 4 is 18.1 Å². The van der Waals surface area contributed by atoms with E-state index in [2.05, 4.69) is 0 Å². The zero-order valence-corrected chi connectivity index (χ0v) is 9.44. The topological polar surface area (TPSA) is 98.6 Å². The third-order valence-electron chi connectivity index (χ3n) is 2.02. The van der Waals surface area contributed by atoms with Gasteiger partial charge in [0.2, 0.25) is 0 Å². The van der Waals surface area contributed by atoms with Gasteiger partial charge in [0.05, 0.1) is 24.7 Å². The molecule has 0 radical (unpaired) electrons. The largest absolute Gasteiger partial charge is 0.490 e. The quantitative estimate of drug-likeness (QED) is 0.612. The summed E-state index contributed by atoms with van der Waals surface area (Å²) in [7, 11) is 1.36. The summed E-state index contributed by atoms with van der Waals surface area (Å²) < 4.78 is 4.83. The summed E-state index contributed by atoms with van der Waals surface area (Å²) in [4.78, 5) is 10.1. The highest BCUT2D eigenvalue weighted by Gasteiger charge is 2.17. The van der Waals surface area contributed by atoms with Crippen LogP contribution in [-0.2, 0) is 0 Å². The Morgan fingerprint density at radius 2 is 2.25 bits per heavy atom. The minimum Gasteiger partial charge on any atom is -0.490 e. The molecular weight excluding hydrogens is 236 g/mol. The standard InChI is InChI=1S/C9H12N2O4.ClH/c1-15-9-3-2-6(7(10)5-12)4-8(9)11(13)14;/h2-4,7,12H,5,10H2,1H3;1H/t7-;/m1./s1. The molecule has 1 aromatic rings. The number of aliphatic hydroxyl groups is 1. The van der Waals surface area contributed by atoms with E-state index in [-0.39, 0.29) is 30.5 Å². The van der Waals surface area contributed by atoms with Crippen LogP contribution in [0.2, 0.25) is 0 Å². The molecule has 7 heteroatoms. The average Bonchev–Trinajstić information content (AvgIpc) is 2.27. The van der Waals surface area contributed by atoms with Crippen LogP contribution in [0, 0.1) is 10.1 Å². The van der Waals surface area contributed by atoms with Crippen LogP contribution in [0.3, 0.4) is 0 Å². The van der Waals surface area contributed by atoms with Crippen molar-refractivity contribution in [2.45, 2.75) is 6.04 Å². The lowest BCUT2D eigenvalue weighted by Crippen LogP contribution is -2.14. The summed E-state index contributed by atoms with van der Waals surface area (Å²) in [5, 5.41) is 19.5. The zero-order chi connectivity index (χ0) is 11.4. The van der Waals surface area contributed by atoms with Crippen molar-refractivity contribution in [2.75, 3.05) is 13.7 Å². The van der Waals surface area contributed by atoms with E-state index < -0.39 is 11.0 Å². The Balaban J connectivity index is 0.00000225. The second-order valence-electron chi connectivity index (χ2n) is 2.98. The first kappa shape index (κ1) is 14.6. The van der Waals surface area contributed by atoms with Crippen molar-refractivity contribution in [3.63, 3.8) is 0 Å². The number of nitrogens with two attached hydrogens (primary N) is 1. The highest BCUT2D eigenvalue weighted by molar-refractivity contribution is 5.85. The van der Waals surface area contributed by atoms with E-state index in [0.29, 0.717) is 5.56 Å². The van der Waals surface area contributed by atoms with E-state index in [1.54, 1.807) is 6.07 Å². The van der Waals surface area contributed by atoms with E-state index in [9.17, 15) is 10.1 Å². The van der Waals surface area contributed by atoms with E-state index in [1.807, 2.05) is 0 Å². The number of ether oxygens (including phenoxy) is 1. The van der Waals surface area contributed by atoms with E-state index in [1.165, 1.54) is 19.2 Å². The van der Waals surface area contributed by atoms with Crippen molar-refractivity contribution in [3.05, 3.63) is 33.9 Å². The Bertz CT molecular complexity index is 373. The van der Waals surface area contributed by atoms with Crippen LogP contribution in [0.15, 0.2) is 18.2 Å². The predicted molar refractivity (Wildman–Crippen MR) is 60.9 cm³/mol. The maximum atomic E-state index is 10.7. The molecule has 0 aromatic heterocycles. The molecule has 0 spiro atoms. The molecule has 0 saturated carbocycles. The molecular formula is C9H13ClN2O4. The van der Waals surface area contributed by atoms with Gasteiger partial charge in [0.15, 0.2) is 5.75 Å². The van der Waals surface area contributed by atoms with Crippen LogP contribution in [0.25, 0.3) is 0 Å². The lowest BCUT2D eigenvalue weighted by molar-refractivity contribution is -0.385. The summed E-state index contributed by atoms with van der Waals surface area (Å²) in [6.07, 6.45) is 0. The number of hydrogen-bond acceptors (Lipinski definition) is 5. The number of nitrogens with zero attached hydrogens (tertiary/aromatic N) is 1. The second kappa shape index (κ2) is 6.26. The molecule has 0 bridgehead atoms. The third kappa shape index (κ3) is 3.06. The molecule has 1 aromatic carbocycles. The zero-order valence-electron chi connectivity index (χ0n) is 8.62. The fourth-order valence-corrected chi connectivity index (χ4v) is 1.19. The number of nitro groups is 1. The maximum absolute atomic E-state index is 10.7. The second-order valence-corrected chi connectivity index (χ2v) is 2.98. The van der Waals surface area contributed by atoms with Gasteiger partial charge >= 0.3 is 5.69 Å². The van der Waals surface area contributed by atoms with Crippen molar-refractivity contribution in [1.82, 2.24) is 0 Å². The molecule has 0 aliphatic rings. The summed E-state index contributed by atoms with van der Waals surface area (Å²) in [6, 6.07) is 3.74. The van der Waals surface area contributed by atoms with Gasteiger partial charge in [-0.3, -0.25) is 10.1 Å². The van der Waals surface area contributed by atoms with Gasteiger partial charge in [0.1, 0.15) is 0 Å². The first-order chi connectivity index (χ1) is 7.10. The number of halogens is 1. The van der Waals surface area contributed by atoms with Gasteiger partial charge in [0.25, 0.3) is 0 Å². The Kier molecular flexibility index (Phi) is 5.73. The molecule has 90 valence electrons. The fourth-order valence-electron chi connectivity index (χ4n) is 1.19. The Hall–Kier alpha value is -1.37. The number of nitro benzene ring substituents is 1. The molecule has 6 nitrogen and oxygen atoms in total. The third-order valence-corrected chi connectivity index (χ3v) is 2.02. The van der Waals surface area contributed by atoms with Crippen LogP contribution >= 0.6 is 12.4 Å². The van der Waals surface area contributed by atoms with Crippen molar-refractivity contribution in [2.24, 2.45) is 5.73 Å². The highest BCUT2D eigenvalue weighted by atomic mass is 35.5. The maximum Gasteiger partial charge on any atom is 0.311 e. The number of rotatable bonds is 4. The monoisotopic (exact) mass is 248 g/mol. The minimum absolute atomic E-state index is 0. The van der Waals surface area contributed by atoms with Crippen LogP contribution in [0.5, 0.6) is 5.75 Å². The van der Waals surface area contributed by atoms with Gasteiger partial charge < -0.3 is 15.6 Å². The van der Waals surface area contributed by atoms with E-state index in [4.69, 9.17) is 15.6 Å². The van der Waals surface area contributed by atoms with Crippen molar-refractivity contribution in [1.29, 1.82) is 0 Å². The predicted octanol–water partition coefficient (Wildman–Crippen LogP) is 1.02. The van der Waals surface area contributed by atoms with Crippen molar-refractivity contribution in [3.8, 4) is 5.75 Å². The Morgan fingerprint density at radius 3 is 2.69 bits per heavy atom. The Morgan fingerprint density at radius 1 is 1.62 bits per heavy atom. The number of hydrogen-bond donors (Lipinski definition) is 2. The van der Waals surface area contributed by atoms with Crippen LogP contribution in [0.4, 0.5) is 5.69 Å². The SMILES string of the molecule is COc1ccc([C@H](N)CO)cc1[N+](=O)[O-].Cl. The molecule has 3 N–H and O–H groups in total. The summed E-state index contributed by atoms with van der Waals surface area (Å²) in [6.45, 7) is -0.260. The van der Waals surface area contributed by atoms with Crippen LogP contribution < -0.4 is 10.5 Å². The molecule has 0 saturated heterocycles. The lowest BCUT2D eigenvalue weighted by atomic mass is 10.1. The van der Waals surface area contributed by atoms with Gasteiger partial charge in [-0.25, -0.2) is 0 Å². The molecule has 16 heavy (non-hydrogen) atoms. The molecule has 0 amide bonds. The van der Waals surface area contributed by atoms with Crippen LogP contribution in [0.1, 0.15) is 11.6 Å².